The Labute approximate surface area is 284 Å². The van der Waals surface area contributed by atoms with E-state index >= 15 is 0 Å². The fourth-order valence-electron chi connectivity index (χ4n) is 8.33. The summed E-state index contributed by atoms with van der Waals surface area (Å²) in [6, 6.07) is 0. The molecule has 4 aliphatic heterocycles. The Hall–Kier alpha value is -0.940. The van der Waals surface area contributed by atoms with Gasteiger partial charge in [0.15, 0.2) is 30.4 Å². The molecule has 47 heavy (non-hydrogen) atoms. The van der Waals surface area contributed by atoms with Crippen LogP contribution in [-0.4, -0.2) is 79.3 Å². The molecule has 0 spiro atoms. The minimum atomic E-state index is -0.759. The van der Waals surface area contributed by atoms with Crippen molar-refractivity contribution in [3.63, 3.8) is 0 Å². The number of carbonyl (C=O) groups excluding carboxylic acids is 2. The van der Waals surface area contributed by atoms with Gasteiger partial charge in [0, 0.05) is 17.8 Å². The molecule has 20 atom stereocenters. The summed E-state index contributed by atoms with van der Waals surface area (Å²) in [5, 5.41) is 0. The van der Waals surface area contributed by atoms with E-state index in [1.54, 1.807) is 13.8 Å². The maximum atomic E-state index is 13.1. The molecule has 0 N–H and O–H groups in total. The molecule has 4 heterocycles. The molecule has 272 valence electrons. The average molecular weight is 667 g/mol. The second kappa shape index (κ2) is 15.9. The molecule has 0 aliphatic carbocycles. The van der Waals surface area contributed by atoms with Crippen LogP contribution in [0.1, 0.15) is 110 Å². The lowest BCUT2D eigenvalue weighted by Gasteiger charge is -2.51. The molecular weight excluding hydrogens is 600 g/mol. The van der Waals surface area contributed by atoms with Crippen LogP contribution in [0.25, 0.3) is 0 Å². The summed E-state index contributed by atoms with van der Waals surface area (Å²) in [6.45, 7) is 28.9. The van der Waals surface area contributed by atoms with Crippen molar-refractivity contribution in [3.8, 4) is 0 Å². The fourth-order valence-corrected chi connectivity index (χ4v) is 8.33. The summed E-state index contributed by atoms with van der Waals surface area (Å²) in [7, 11) is 0. The normalized spacial score (nSPS) is 51.0. The van der Waals surface area contributed by atoms with Gasteiger partial charge >= 0.3 is 0 Å². The summed E-state index contributed by atoms with van der Waals surface area (Å²) in [4.78, 5) is 25.7. The standard InChI is InChI=1S/C38H66O9/c1-15-29-19(5)17(3)23(9)36(42-29)46-33-22(8)25(11)38(47-35(33)27(13)40)44-31-21(7)24(10)37(43-30(31)16-2)45-32-20(6)18(4)28(14)41-34(32)26(12)39/h17-25,28-38H,15-16H2,1-14H3/t17-,18?,19+,20-,21+,22+,23?,24?,25?,28-,29?,30?,31+,32+,33+,34?,35?,36-,37-,38+/m0/s1. The molecule has 0 aromatic heterocycles. The molecule has 0 radical (unpaired) electrons. The fraction of sp³-hybridized carbons (Fsp3) is 0.947. The van der Waals surface area contributed by atoms with Gasteiger partial charge in [0.25, 0.3) is 0 Å². The van der Waals surface area contributed by atoms with E-state index in [4.69, 9.17) is 33.2 Å². The van der Waals surface area contributed by atoms with E-state index < -0.39 is 43.3 Å². The van der Waals surface area contributed by atoms with Crippen LogP contribution in [0, 0.1) is 53.3 Å². The molecule has 9 nitrogen and oxygen atoms in total. The van der Waals surface area contributed by atoms with E-state index in [0.717, 1.165) is 6.42 Å². The van der Waals surface area contributed by atoms with Crippen molar-refractivity contribution in [2.75, 3.05) is 0 Å². The zero-order valence-electron chi connectivity index (χ0n) is 31.6. The van der Waals surface area contributed by atoms with Crippen molar-refractivity contribution in [2.24, 2.45) is 53.3 Å². The number of rotatable bonds is 10. The van der Waals surface area contributed by atoms with Gasteiger partial charge < -0.3 is 33.2 Å². The number of ketones is 2. The highest BCUT2D eigenvalue weighted by molar-refractivity contribution is 5.81. The van der Waals surface area contributed by atoms with E-state index in [1.807, 2.05) is 6.92 Å². The molecule has 4 saturated heterocycles. The van der Waals surface area contributed by atoms with Crippen LogP contribution in [-0.2, 0) is 42.7 Å². The van der Waals surface area contributed by atoms with Crippen molar-refractivity contribution in [1.29, 1.82) is 0 Å². The van der Waals surface area contributed by atoms with Gasteiger partial charge in [-0.15, -0.1) is 0 Å². The summed E-state index contributed by atoms with van der Waals surface area (Å²) >= 11 is 0. The molecule has 9 heteroatoms. The van der Waals surface area contributed by atoms with Crippen LogP contribution < -0.4 is 0 Å². The lowest BCUT2D eigenvalue weighted by molar-refractivity contribution is -0.350. The molecule has 4 rings (SSSR count). The minimum absolute atomic E-state index is 0.0118. The molecule has 4 aliphatic rings. The molecule has 0 aromatic carbocycles. The molecule has 8 unspecified atom stereocenters. The maximum absolute atomic E-state index is 13.1. The number of ether oxygens (including phenoxy) is 7. The van der Waals surface area contributed by atoms with Crippen molar-refractivity contribution < 1.29 is 42.7 Å². The second-order valence-corrected chi connectivity index (χ2v) is 15.8. The van der Waals surface area contributed by atoms with E-state index in [-0.39, 0.29) is 77.4 Å². The molecule has 0 aromatic rings. The summed E-state index contributed by atoms with van der Waals surface area (Å²) in [5.41, 5.74) is 0. The first kappa shape index (κ1) is 38.9. The van der Waals surface area contributed by atoms with Gasteiger partial charge in [-0.25, -0.2) is 0 Å². The topological polar surface area (TPSA) is 98.8 Å². The monoisotopic (exact) mass is 666 g/mol. The number of hydrogen-bond donors (Lipinski definition) is 0. The van der Waals surface area contributed by atoms with Crippen LogP contribution in [0.3, 0.4) is 0 Å². The van der Waals surface area contributed by atoms with Crippen molar-refractivity contribution in [2.45, 2.75) is 177 Å². The third kappa shape index (κ3) is 7.87. The third-order valence-electron chi connectivity index (χ3n) is 13.0. The number of Topliss-reactive ketones (excluding diaryl/α,β-unsaturated/α-hetero) is 2. The lowest BCUT2D eigenvalue weighted by Crippen LogP contribution is -2.60. The Morgan fingerprint density at radius 3 is 1.32 bits per heavy atom. The Bertz CT molecular complexity index is 1050. The van der Waals surface area contributed by atoms with Gasteiger partial charge in [-0.1, -0.05) is 76.2 Å². The van der Waals surface area contributed by atoms with Crippen LogP contribution in [0.4, 0.5) is 0 Å². The highest BCUT2D eigenvalue weighted by Crippen LogP contribution is 2.44. The molecule has 0 amide bonds. The summed E-state index contributed by atoms with van der Waals surface area (Å²) < 4.78 is 46.0. The second-order valence-electron chi connectivity index (χ2n) is 15.8. The van der Waals surface area contributed by atoms with Crippen molar-refractivity contribution >= 4 is 11.6 Å². The van der Waals surface area contributed by atoms with Gasteiger partial charge in [-0.2, -0.15) is 0 Å². The first-order valence-corrected chi connectivity index (χ1v) is 18.6. The van der Waals surface area contributed by atoms with Crippen LogP contribution in [0.15, 0.2) is 0 Å². The first-order chi connectivity index (χ1) is 22.0. The van der Waals surface area contributed by atoms with Gasteiger partial charge in [0.2, 0.25) is 0 Å². The predicted molar refractivity (Wildman–Crippen MR) is 179 cm³/mol. The number of carbonyl (C=O) groups is 2. The minimum Gasteiger partial charge on any atom is -0.364 e. The Balaban J connectivity index is 1.47. The van der Waals surface area contributed by atoms with E-state index in [1.165, 1.54) is 0 Å². The molecule has 0 saturated carbocycles. The molecular formula is C38H66O9. The predicted octanol–water partition coefficient (Wildman–Crippen LogP) is 6.83. The Morgan fingerprint density at radius 1 is 0.447 bits per heavy atom. The Kier molecular flexibility index (Phi) is 13.2. The highest BCUT2D eigenvalue weighted by atomic mass is 16.7. The zero-order valence-corrected chi connectivity index (χ0v) is 31.6. The molecule has 0 bridgehead atoms. The average Bonchev–Trinajstić information content (AvgIpc) is 3.03. The Morgan fingerprint density at radius 2 is 0.830 bits per heavy atom. The first-order valence-electron chi connectivity index (χ1n) is 18.6. The van der Waals surface area contributed by atoms with Crippen LogP contribution in [0.5, 0.6) is 0 Å². The van der Waals surface area contributed by atoms with Gasteiger partial charge in [0.05, 0.1) is 36.6 Å². The smallest absolute Gasteiger partial charge is 0.162 e. The SMILES string of the molecule is CCC1O[C@@H](O[C@H]2C(C(C)=O)O[C@@H](O[C@H]3C(CC)O[C@@H](O[C@H]4C(C(C)=O)O[C@@H](C)C(C)[C@@H]4C)C(C)[C@H]3C)C(C)[C@H]2C)C(C)[C@@H](C)[C@H]1C. The van der Waals surface area contributed by atoms with Gasteiger partial charge in [-0.05, 0) is 69.1 Å². The zero-order chi connectivity index (χ0) is 35.1. The van der Waals surface area contributed by atoms with Crippen molar-refractivity contribution in [3.05, 3.63) is 0 Å². The molecule has 4 fully saturated rings. The third-order valence-corrected chi connectivity index (χ3v) is 13.0. The van der Waals surface area contributed by atoms with E-state index in [2.05, 4.69) is 76.2 Å². The largest absolute Gasteiger partial charge is 0.364 e. The van der Waals surface area contributed by atoms with Crippen LogP contribution >= 0.6 is 0 Å². The number of hydrogen-bond acceptors (Lipinski definition) is 9. The van der Waals surface area contributed by atoms with Gasteiger partial charge in [0.1, 0.15) is 12.2 Å². The summed E-state index contributed by atoms with van der Waals surface area (Å²) in [6.07, 6.45) is -2.48. The summed E-state index contributed by atoms with van der Waals surface area (Å²) in [5.74, 6) is 1.34. The highest BCUT2D eigenvalue weighted by Gasteiger charge is 2.52. The van der Waals surface area contributed by atoms with Crippen molar-refractivity contribution in [1.82, 2.24) is 0 Å². The maximum Gasteiger partial charge on any atom is 0.162 e. The van der Waals surface area contributed by atoms with Gasteiger partial charge in [-0.3, -0.25) is 9.59 Å². The van der Waals surface area contributed by atoms with E-state index in [0.29, 0.717) is 18.3 Å². The van der Waals surface area contributed by atoms with E-state index in [9.17, 15) is 9.59 Å². The quantitative estimate of drug-likeness (QED) is 0.249. The van der Waals surface area contributed by atoms with Crippen LogP contribution in [0.2, 0.25) is 0 Å². The lowest BCUT2D eigenvalue weighted by atomic mass is 9.78.